The van der Waals surface area contributed by atoms with E-state index in [1.165, 1.54) is 17.2 Å². The molecule has 0 aliphatic carbocycles. The predicted octanol–water partition coefficient (Wildman–Crippen LogP) is 7.62. The molecular formula is C27H28O4. The van der Waals surface area contributed by atoms with Crippen LogP contribution in [0.2, 0.25) is 0 Å². The van der Waals surface area contributed by atoms with E-state index in [9.17, 15) is 4.79 Å². The van der Waals surface area contributed by atoms with Gasteiger partial charge in [0.25, 0.3) is 0 Å². The van der Waals surface area contributed by atoms with Gasteiger partial charge in [0.05, 0.1) is 0 Å². The first-order valence-electron chi connectivity index (χ1n) is 10.4. The number of hydrogen-bond donors (Lipinski definition) is 1. The number of aliphatic carboxylic acids is 1. The van der Waals surface area contributed by atoms with Crippen molar-refractivity contribution < 1.29 is 19.4 Å². The molecule has 160 valence electrons. The number of carbonyl (C=O) groups is 1. The van der Waals surface area contributed by atoms with Gasteiger partial charge in [0.2, 0.25) is 0 Å². The average Bonchev–Trinajstić information content (AvgIpc) is 2.74. The predicted molar refractivity (Wildman–Crippen MR) is 124 cm³/mol. The summed E-state index contributed by atoms with van der Waals surface area (Å²) in [5.74, 6) is 2.40. The molecule has 31 heavy (non-hydrogen) atoms. The van der Waals surface area contributed by atoms with E-state index < -0.39 is 5.97 Å². The lowest BCUT2D eigenvalue weighted by Gasteiger charge is -2.13. The maximum atomic E-state index is 11.0. The Hall–Kier alpha value is -3.53. The summed E-state index contributed by atoms with van der Waals surface area (Å²) in [6.07, 6.45) is 2.61. The van der Waals surface area contributed by atoms with Gasteiger partial charge in [-0.1, -0.05) is 52.0 Å². The van der Waals surface area contributed by atoms with E-state index in [0.29, 0.717) is 34.6 Å². The zero-order valence-corrected chi connectivity index (χ0v) is 18.3. The van der Waals surface area contributed by atoms with Crippen LogP contribution in [0.15, 0.2) is 72.8 Å². The van der Waals surface area contributed by atoms with Crippen LogP contribution in [0, 0.1) is 0 Å². The smallest absolute Gasteiger partial charge is 0.328 e. The Kier molecular flexibility index (Phi) is 7.14. The van der Waals surface area contributed by atoms with Crippen LogP contribution in [-0.4, -0.2) is 11.1 Å². The summed E-state index contributed by atoms with van der Waals surface area (Å²) in [6.45, 7) is 8.57. The molecule has 0 aliphatic heterocycles. The molecule has 0 spiro atoms. The molecule has 0 bridgehead atoms. The maximum Gasteiger partial charge on any atom is 0.328 e. The fraction of sp³-hybridized carbons (Fsp3) is 0.222. The van der Waals surface area contributed by atoms with Gasteiger partial charge in [-0.3, -0.25) is 0 Å². The molecule has 3 rings (SSSR count). The molecule has 0 aliphatic rings. The molecule has 3 aromatic carbocycles. The van der Waals surface area contributed by atoms with Crippen molar-refractivity contribution in [1.29, 1.82) is 0 Å². The Morgan fingerprint density at radius 2 is 1.23 bits per heavy atom. The van der Waals surface area contributed by atoms with Crippen LogP contribution >= 0.6 is 0 Å². The van der Waals surface area contributed by atoms with Crippen LogP contribution in [0.4, 0.5) is 0 Å². The summed E-state index contributed by atoms with van der Waals surface area (Å²) in [6, 6.07) is 21.2. The quantitative estimate of drug-likeness (QED) is 0.384. The second-order valence-electron chi connectivity index (χ2n) is 8.02. The summed E-state index contributed by atoms with van der Waals surface area (Å²) in [7, 11) is 0. The summed E-state index contributed by atoms with van der Waals surface area (Å²) in [5, 5.41) is 9.00. The SMILES string of the molecule is CC(C)c1ccc(Oc2ccc(/C=C/C(=O)O)c(Oc3ccc(C(C)C)cc3)c2)cc1. The van der Waals surface area contributed by atoms with Crippen LogP contribution in [0.5, 0.6) is 23.0 Å². The van der Waals surface area contributed by atoms with Gasteiger partial charge in [-0.2, -0.15) is 0 Å². The van der Waals surface area contributed by atoms with Crippen molar-refractivity contribution in [2.24, 2.45) is 0 Å². The zero-order valence-electron chi connectivity index (χ0n) is 18.3. The standard InChI is InChI=1S/C27H28O4/c1-18(2)20-5-11-23(12-6-20)30-25-15-9-22(10-16-27(28)29)26(17-25)31-24-13-7-21(8-14-24)19(3)4/h5-19H,1-4H3,(H,28,29)/b16-10+. The highest BCUT2D eigenvalue weighted by Gasteiger charge is 2.09. The van der Waals surface area contributed by atoms with E-state index >= 15 is 0 Å². The fourth-order valence-electron chi connectivity index (χ4n) is 3.07. The lowest BCUT2D eigenvalue weighted by Crippen LogP contribution is -1.93. The number of hydrogen-bond acceptors (Lipinski definition) is 3. The fourth-order valence-corrected chi connectivity index (χ4v) is 3.07. The molecule has 0 saturated carbocycles. The number of carboxylic acid groups (broad SMARTS) is 1. The summed E-state index contributed by atoms with van der Waals surface area (Å²) in [5.41, 5.74) is 3.12. The number of ether oxygens (including phenoxy) is 2. The Morgan fingerprint density at radius 3 is 1.71 bits per heavy atom. The molecule has 0 saturated heterocycles. The molecule has 1 N–H and O–H groups in total. The highest BCUT2D eigenvalue weighted by molar-refractivity contribution is 5.86. The second kappa shape index (κ2) is 9.98. The van der Waals surface area contributed by atoms with Gasteiger partial charge in [-0.15, -0.1) is 0 Å². The molecular weight excluding hydrogens is 388 g/mol. The minimum Gasteiger partial charge on any atom is -0.478 e. The van der Waals surface area contributed by atoms with Gasteiger partial charge in [0, 0.05) is 17.7 Å². The lowest BCUT2D eigenvalue weighted by molar-refractivity contribution is -0.131. The monoisotopic (exact) mass is 416 g/mol. The number of rotatable bonds is 8. The van der Waals surface area contributed by atoms with Crippen LogP contribution in [0.25, 0.3) is 6.08 Å². The Bertz CT molecular complexity index is 1050. The van der Waals surface area contributed by atoms with Gasteiger partial charge >= 0.3 is 5.97 Å². The minimum atomic E-state index is -1.02. The van der Waals surface area contributed by atoms with Gasteiger partial charge in [0.1, 0.15) is 23.0 Å². The third-order valence-corrected chi connectivity index (χ3v) is 4.95. The minimum absolute atomic E-state index is 0.432. The topological polar surface area (TPSA) is 55.8 Å². The summed E-state index contributed by atoms with van der Waals surface area (Å²) >= 11 is 0. The zero-order chi connectivity index (χ0) is 22.4. The van der Waals surface area contributed by atoms with Crippen molar-refractivity contribution in [3.05, 3.63) is 89.5 Å². The van der Waals surface area contributed by atoms with E-state index in [4.69, 9.17) is 14.6 Å². The molecule has 0 unspecified atom stereocenters. The Morgan fingerprint density at radius 1 is 0.742 bits per heavy atom. The molecule has 0 atom stereocenters. The largest absolute Gasteiger partial charge is 0.478 e. The number of benzene rings is 3. The van der Waals surface area contributed by atoms with E-state index in [1.807, 2.05) is 36.4 Å². The molecule has 0 fully saturated rings. The normalized spacial score (nSPS) is 11.3. The molecule has 4 heteroatoms. The first kappa shape index (κ1) is 22.2. The van der Waals surface area contributed by atoms with Crippen molar-refractivity contribution in [2.75, 3.05) is 0 Å². The highest BCUT2D eigenvalue weighted by atomic mass is 16.5. The third-order valence-electron chi connectivity index (χ3n) is 4.95. The van der Waals surface area contributed by atoms with E-state index in [-0.39, 0.29) is 0 Å². The van der Waals surface area contributed by atoms with Gasteiger partial charge in [-0.25, -0.2) is 4.79 Å². The average molecular weight is 417 g/mol. The van der Waals surface area contributed by atoms with Crippen LogP contribution in [0.3, 0.4) is 0 Å². The molecule has 3 aromatic rings. The van der Waals surface area contributed by atoms with Crippen molar-refractivity contribution in [2.45, 2.75) is 39.5 Å². The Labute approximate surface area is 183 Å². The van der Waals surface area contributed by atoms with Crippen molar-refractivity contribution >= 4 is 12.0 Å². The first-order valence-corrected chi connectivity index (χ1v) is 10.4. The van der Waals surface area contributed by atoms with Gasteiger partial charge in [0.15, 0.2) is 0 Å². The van der Waals surface area contributed by atoms with Crippen LogP contribution < -0.4 is 9.47 Å². The molecule has 0 aromatic heterocycles. The maximum absolute atomic E-state index is 11.0. The number of carboxylic acids is 1. The molecule has 0 radical (unpaired) electrons. The molecule has 0 heterocycles. The van der Waals surface area contributed by atoms with E-state index in [2.05, 4.69) is 39.8 Å². The van der Waals surface area contributed by atoms with E-state index in [0.717, 1.165) is 11.8 Å². The van der Waals surface area contributed by atoms with Crippen molar-refractivity contribution in [3.63, 3.8) is 0 Å². The van der Waals surface area contributed by atoms with Crippen molar-refractivity contribution in [1.82, 2.24) is 0 Å². The van der Waals surface area contributed by atoms with Gasteiger partial charge < -0.3 is 14.6 Å². The molecule has 4 nitrogen and oxygen atoms in total. The highest BCUT2D eigenvalue weighted by Crippen LogP contribution is 2.33. The molecule has 0 amide bonds. The van der Waals surface area contributed by atoms with Gasteiger partial charge in [-0.05, 0) is 65.4 Å². The first-order chi connectivity index (χ1) is 14.8. The van der Waals surface area contributed by atoms with E-state index in [1.54, 1.807) is 18.2 Å². The lowest BCUT2D eigenvalue weighted by atomic mass is 10.0. The van der Waals surface area contributed by atoms with Crippen LogP contribution in [0.1, 0.15) is 56.2 Å². The summed E-state index contributed by atoms with van der Waals surface area (Å²) < 4.78 is 12.1. The third kappa shape index (κ3) is 6.22. The summed E-state index contributed by atoms with van der Waals surface area (Å²) in [4.78, 5) is 11.0. The van der Waals surface area contributed by atoms with Crippen LogP contribution in [-0.2, 0) is 4.79 Å². The Balaban J connectivity index is 1.87. The van der Waals surface area contributed by atoms with Crippen molar-refractivity contribution in [3.8, 4) is 23.0 Å². The second-order valence-corrected chi connectivity index (χ2v) is 8.02.